The Morgan fingerprint density at radius 1 is 1.23 bits per heavy atom. The topological polar surface area (TPSA) is 63.7 Å². The summed E-state index contributed by atoms with van der Waals surface area (Å²) in [6, 6.07) is 8.06. The van der Waals surface area contributed by atoms with Gasteiger partial charge in [0.2, 0.25) is 5.79 Å². The van der Waals surface area contributed by atoms with Crippen LogP contribution >= 0.6 is 11.3 Å². The molecule has 6 nitrogen and oxygen atoms in total. The van der Waals surface area contributed by atoms with E-state index in [0.717, 1.165) is 12.2 Å². The molecule has 0 spiro atoms. The van der Waals surface area contributed by atoms with Crippen LogP contribution in [0.1, 0.15) is 40.0 Å². The van der Waals surface area contributed by atoms with Gasteiger partial charge >= 0.3 is 0 Å². The van der Waals surface area contributed by atoms with E-state index in [-0.39, 0.29) is 5.91 Å². The molecule has 1 N–H and O–H groups in total. The first-order chi connectivity index (χ1) is 12.6. The molecule has 26 heavy (non-hydrogen) atoms. The number of anilines is 1. The Balaban J connectivity index is 1.37. The summed E-state index contributed by atoms with van der Waals surface area (Å²) in [5, 5.41) is 3.60. The molecule has 2 aliphatic rings. The van der Waals surface area contributed by atoms with E-state index in [0.29, 0.717) is 23.1 Å². The van der Waals surface area contributed by atoms with Gasteiger partial charge in [0.1, 0.15) is 4.88 Å². The van der Waals surface area contributed by atoms with Crippen LogP contribution < -0.4 is 5.32 Å². The number of ether oxygens (including phenoxy) is 2. The van der Waals surface area contributed by atoms with Gasteiger partial charge in [-0.05, 0) is 50.6 Å². The molecule has 0 unspecified atom stereocenters. The average Bonchev–Trinajstić information content (AvgIpc) is 3.38. The quantitative estimate of drug-likeness (QED) is 0.872. The SMILES string of the molecule is CC1(c2ncc(C(=O)Nc3ccc(CN4CCCC4)cc3)s2)OCCO1. The van der Waals surface area contributed by atoms with Crippen LogP contribution in [-0.4, -0.2) is 42.1 Å². The number of amides is 1. The first-order valence-corrected chi connectivity index (χ1v) is 9.81. The largest absolute Gasteiger partial charge is 0.342 e. The average molecular weight is 373 g/mol. The Morgan fingerprint density at radius 2 is 1.92 bits per heavy atom. The maximum atomic E-state index is 12.5. The van der Waals surface area contributed by atoms with Gasteiger partial charge in [-0.3, -0.25) is 9.69 Å². The zero-order valence-electron chi connectivity index (χ0n) is 14.9. The summed E-state index contributed by atoms with van der Waals surface area (Å²) in [7, 11) is 0. The highest BCUT2D eigenvalue weighted by Gasteiger charge is 2.36. The lowest BCUT2D eigenvalue weighted by Gasteiger charge is -2.18. The van der Waals surface area contributed by atoms with Crippen LogP contribution in [0.2, 0.25) is 0 Å². The fourth-order valence-corrected chi connectivity index (χ4v) is 4.18. The van der Waals surface area contributed by atoms with Crippen molar-refractivity contribution in [2.45, 2.75) is 32.1 Å². The van der Waals surface area contributed by atoms with Crippen molar-refractivity contribution >= 4 is 22.9 Å². The van der Waals surface area contributed by atoms with Crippen molar-refractivity contribution in [2.24, 2.45) is 0 Å². The number of nitrogens with zero attached hydrogens (tertiary/aromatic N) is 2. The number of carbonyl (C=O) groups excluding carboxylic acids is 1. The van der Waals surface area contributed by atoms with Gasteiger partial charge in [0.05, 0.1) is 19.4 Å². The highest BCUT2D eigenvalue weighted by molar-refractivity contribution is 7.13. The van der Waals surface area contributed by atoms with Gasteiger partial charge in [0.15, 0.2) is 5.01 Å². The molecule has 0 saturated carbocycles. The van der Waals surface area contributed by atoms with Gasteiger partial charge in [-0.1, -0.05) is 12.1 Å². The van der Waals surface area contributed by atoms with Crippen LogP contribution in [0.3, 0.4) is 0 Å². The third-order valence-electron chi connectivity index (χ3n) is 4.77. The standard InChI is InChI=1S/C19H23N3O3S/c1-19(24-10-11-25-19)18-20-12-16(26-18)17(23)21-15-6-4-14(5-7-15)13-22-8-2-3-9-22/h4-7,12H,2-3,8-11,13H2,1H3,(H,21,23). The first-order valence-electron chi connectivity index (χ1n) is 8.99. The molecule has 138 valence electrons. The van der Waals surface area contributed by atoms with E-state index in [1.807, 2.05) is 19.1 Å². The second kappa shape index (κ2) is 7.44. The van der Waals surface area contributed by atoms with Gasteiger partial charge in [-0.2, -0.15) is 0 Å². The molecule has 2 saturated heterocycles. The zero-order chi connectivity index (χ0) is 18.0. The summed E-state index contributed by atoms with van der Waals surface area (Å²) in [6.07, 6.45) is 4.16. The minimum absolute atomic E-state index is 0.164. The summed E-state index contributed by atoms with van der Waals surface area (Å²) in [4.78, 5) is 19.8. The van der Waals surface area contributed by atoms with E-state index < -0.39 is 5.79 Å². The fraction of sp³-hybridized carbons (Fsp3) is 0.474. The Labute approximate surface area is 157 Å². The molecule has 2 aromatic rings. The van der Waals surface area contributed by atoms with Crippen LogP contribution in [0.15, 0.2) is 30.5 Å². The van der Waals surface area contributed by atoms with Crippen molar-refractivity contribution in [2.75, 3.05) is 31.6 Å². The lowest BCUT2D eigenvalue weighted by molar-refractivity contribution is -0.149. The number of carbonyl (C=O) groups is 1. The number of nitrogens with one attached hydrogen (secondary N) is 1. The van der Waals surface area contributed by atoms with Crippen molar-refractivity contribution in [1.82, 2.24) is 9.88 Å². The number of hydrogen-bond acceptors (Lipinski definition) is 6. The third kappa shape index (κ3) is 3.81. The van der Waals surface area contributed by atoms with Crippen molar-refractivity contribution < 1.29 is 14.3 Å². The molecule has 3 heterocycles. The lowest BCUT2D eigenvalue weighted by atomic mass is 10.2. The molecular formula is C19H23N3O3S. The minimum atomic E-state index is -0.833. The van der Waals surface area contributed by atoms with Crippen LogP contribution in [-0.2, 0) is 21.8 Å². The van der Waals surface area contributed by atoms with Crippen molar-refractivity contribution in [3.8, 4) is 0 Å². The fourth-order valence-electron chi connectivity index (χ4n) is 3.31. The minimum Gasteiger partial charge on any atom is -0.342 e. The third-order valence-corrected chi connectivity index (χ3v) is 5.95. The van der Waals surface area contributed by atoms with Crippen LogP contribution in [0.5, 0.6) is 0 Å². The predicted octanol–water partition coefficient (Wildman–Crippen LogP) is 3.21. The Bertz CT molecular complexity index is 763. The van der Waals surface area contributed by atoms with Crippen LogP contribution in [0.25, 0.3) is 0 Å². The predicted molar refractivity (Wildman–Crippen MR) is 100 cm³/mol. The van der Waals surface area contributed by atoms with Gasteiger partial charge in [0.25, 0.3) is 5.91 Å². The highest BCUT2D eigenvalue weighted by atomic mass is 32.1. The molecule has 4 rings (SSSR count). The molecule has 1 aromatic heterocycles. The summed E-state index contributed by atoms with van der Waals surface area (Å²) < 4.78 is 11.2. The van der Waals surface area contributed by atoms with E-state index in [9.17, 15) is 4.79 Å². The van der Waals surface area contributed by atoms with Crippen molar-refractivity contribution in [1.29, 1.82) is 0 Å². The summed E-state index contributed by atoms with van der Waals surface area (Å²) in [5.41, 5.74) is 2.06. The second-order valence-corrected chi connectivity index (χ2v) is 7.84. The van der Waals surface area contributed by atoms with Crippen LogP contribution in [0, 0.1) is 0 Å². The van der Waals surface area contributed by atoms with E-state index in [1.165, 1.54) is 42.8 Å². The monoisotopic (exact) mass is 373 g/mol. The molecule has 7 heteroatoms. The van der Waals surface area contributed by atoms with E-state index in [1.54, 1.807) is 6.20 Å². The molecule has 1 aromatic carbocycles. The number of likely N-dealkylation sites (tertiary alicyclic amines) is 1. The molecule has 0 aliphatic carbocycles. The first kappa shape index (κ1) is 17.6. The summed E-state index contributed by atoms with van der Waals surface area (Å²) in [6.45, 7) is 6.25. The number of benzene rings is 1. The van der Waals surface area contributed by atoms with Crippen molar-refractivity contribution in [3.63, 3.8) is 0 Å². The Kier molecular flexibility index (Phi) is 5.04. The normalized spacial score (nSPS) is 19.7. The summed E-state index contributed by atoms with van der Waals surface area (Å²) in [5.74, 6) is -0.997. The zero-order valence-corrected chi connectivity index (χ0v) is 15.7. The molecule has 2 aliphatic heterocycles. The van der Waals surface area contributed by atoms with Gasteiger partial charge in [-0.25, -0.2) is 4.98 Å². The van der Waals surface area contributed by atoms with E-state index >= 15 is 0 Å². The lowest BCUT2D eigenvalue weighted by Crippen LogP contribution is -2.21. The maximum Gasteiger partial charge on any atom is 0.267 e. The van der Waals surface area contributed by atoms with E-state index in [4.69, 9.17) is 9.47 Å². The number of hydrogen-bond donors (Lipinski definition) is 1. The van der Waals surface area contributed by atoms with Crippen LogP contribution in [0.4, 0.5) is 5.69 Å². The number of rotatable bonds is 5. The van der Waals surface area contributed by atoms with Crippen molar-refractivity contribution in [3.05, 3.63) is 45.9 Å². The highest BCUT2D eigenvalue weighted by Crippen LogP contribution is 2.33. The number of thiazole rings is 1. The molecule has 1 amide bonds. The van der Waals surface area contributed by atoms with Gasteiger partial charge in [-0.15, -0.1) is 11.3 Å². The molecule has 0 radical (unpaired) electrons. The van der Waals surface area contributed by atoms with Gasteiger partial charge in [0, 0.05) is 12.2 Å². The van der Waals surface area contributed by atoms with Gasteiger partial charge < -0.3 is 14.8 Å². The molecule has 2 fully saturated rings. The molecule has 0 atom stereocenters. The van der Waals surface area contributed by atoms with E-state index in [2.05, 4.69) is 27.3 Å². The Hall–Kier alpha value is -1.80. The Morgan fingerprint density at radius 3 is 2.62 bits per heavy atom. The molecule has 0 bridgehead atoms. The number of aromatic nitrogens is 1. The molecular weight excluding hydrogens is 350 g/mol. The maximum absolute atomic E-state index is 12.5. The summed E-state index contributed by atoms with van der Waals surface area (Å²) >= 11 is 1.30. The smallest absolute Gasteiger partial charge is 0.267 e. The second-order valence-electron chi connectivity index (χ2n) is 6.81.